The summed E-state index contributed by atoms with van der Waals surface area (Å²) >= 11 is 1.19. The van der Waals surface area contributed by atoms with Gasteiger partial charge in [0.15, 0.2) is 4.80 Å². The fourth-order valence-corrected chi connectivity index (χ4v) is 4.23. The molecule has 0 N–H and O–H groups in total. The van der Waals surface area contributed by atoms with Crippen LogP contribution < -0.4 is 9.54 Å². The number of fused-ring (bicyclic) bond motifs is 1. The number of methoxy groups -OCH3 is 2. The van der Waals surface area contributed by atoms with Gasteiger partial charge in [-0.15, -0.1) is 0 Å². The molecule has 8 nitrogen and oxygen atoms in total. The molecule has 174 valence electrons. The molecule has 0 fully saturated rings. The zero-order valence-corrected chi connectivity index (χ0v) is 19.6. The SMILES string of the molecule is CCCCCOc1cccc(C(=O)N=c2sc3cc(C(=O)OC)ccc3n2CC(=O)OC)c1. The molecule has 1 heterocycles. The fourth-order valence-electron chi connectivity index (χ4n) is 3.16. The second-order valence-corrected chi connectivity index (χ2v) is 8.23. The summed E-state index contributed by atoms with van der Waals surface area (Å²) in [5, 5.41) is 0. The van der Waals surface area contributed by atoms with Crippen molar-refractivity contribution in [1.82, 2.24) is 4.57 Å². The molecule has 0 unspecified atom stereocenters. The van der Waals surface area contributed by atoms with Gasteiger partial charge in [-0.3, -0.25) is 9.59 Å². The van der Waals surface area contributed by atoms with Crippen molar-refractivity contribution in [3.63, 3.8) is 0 Å². The van der Waals surface area contributed by atoms with Crippen LogP contribution >= 0.6 is 11.3 Å². The van der Waals surface area contributed by atoms with Gasteiger partial charge in [-0.25, -0.2) is 4.79 Å². The van der Waals surface area contributed by atoms with Gasteiger partial charge in [0, 0.05) is 5.56 Å². The Labute approximate surface area is 195 Å². The molecule has 0 aliphatic heterocycles. The van der Waals surface area contributed by atoms with E-state index in [1.807, 2.05) is 0 Å². The van der Waals surface area contributed by atoms with Gasteiger partial charge >= 0.3 is 11.9 Å². The van der Waals surface area contributed by atoms with Crippen molar-refractivity contribution >= 4 is 39.4 Å². The molecule has 33 heavy (non-hydrogen) atoms. The molecular formula is C24H26N2O6S. The quantitative estimate of drug-likeness (QED) is 0.347. The largest absolute Gasteiger partial charge is 0.494 e. The highest BCUT2D eigenvalue weighted by molar-refractivity contribution is 7.16. The maximum Gasteiger partial charge on any atom is 0.337 e. The standard InChI is InChI=1S/C24H26N2O6S/c1-4-5-6-12-32-18-9-7-8-16(13-18)22(28)25-24-26(15-21(27)30-2)19-11-10-17(23(29)31-3)14-20(19)33-24/h7-11,13-14H,4-6,12,15H2,1-3H3. The Morgan fingerprint density at radius 2 is 1.82 bits per heavy atom. The maximum absolute atomic E-state index is 12.9. The van der Waals surface area contributed by atoms with Gasteiger partial charge in [-0.05, 0) is 42.8 Å². The normalized spacial score (nSPS) is 11.4. The summed E-state index contributed by atoms with van der Waals surface area (Å²) in [6, 6.07) is 11.8. The summed E-state index contributed by atoms with van der Waals surface area (Å²) in [5.74, 6) is -0.820. The molecular weight excluding hydrogens is 444 g/mol. The lowest BCUT2D eigenvalue weighted by atomic mass is 10.2. The van der Waals surface area contributed by atoms with Gasteiger partial charge in [0.1, 0.15) is 12.3 Å². The third-order valence-corrected chi connectivity index (χ3v) is 5.95. The average molecular weight is 471 g/mol. The van der Waals surface area contributed by atoms with Gasteiger partial charge < -0.3 is 18.8 Å². The number of carbonyl (C=O) groups is 3. The van der Waals surface area contributed by atoms with E-state index >= 15 is 0 Å². The fraction of sp³-hybridized carbons (Fsp3) is 0.333. The minimum atomic E-state index is -0.483. The summed E-state index contributed by atoms with van der Waals surface area (Å²) in [5.41, 5.74) is 1.39. The number of ether oxygens (including phenoxy) is 3. The number of unbranched alkanes of at least 4 members (excludes halogenated alkanes) is 2. The Hall–Kier alpha value is -3.46. The van der Waals surface area contributed by atoms with E-state index in [0.29, 0.717) is 38.5 Å². The second kappa shape index (κ2) is 11.4. The molecule has 0 saturated carbocycles. The van der Waals surface area contributed by atoms with E-state index in [1.165, 1.54) is 25.6 Å². The Bertz CT molecular complexity index is 1230. The van der Waals surface area contributed by atoms with Gasteiger partial charge in [0.25, 0.3) is 5.91 Å². The summed E-state index contributed by atoms with van der Waals surface area (Å²) in [7, 11) is 2.60. The predicted octanol–water partition coefficient (Wildman–Crippen LogP) is 3.97. The first-order valence-corrected chi connectivity index (χ1v) is 11.4. The van der Waals surface area contributed by atoms with Crippen LogP contribution in [0.3, 0.4) is 0 Å². The highest BCUT2D eigenvalue weighted by atomic mass is 32.1. The van der Waals surface area contributed by atoms with Crippen molar-refractivity contribution in [3.8, 4) is 5.75 Å². The molecule has 9 heteroatoms. The molecule has 0 atom stereocenters. The van der Waals surface area contributed by atoms with E-state index in [0.717, 1.165) is 19.3 Å². The minimum Gasteiger partial charge on any atom is -0.494 e. The number of nitrogens with zero attached hydrogens (tertiary/aromatic N) is 2. The van der Waals surface area contributed by atoms with E-state index < -0.39 is 17.8 Å². The topological polar surface area (TPSA) is 96.2 Å². The maximum atomic E-state index is 12.9. The number of benzene rings is 2. The minimum absolute atomic E-state index is 0.124. The van der Waals surface area contributed by atoms with Crippen molar-refractivity contribution in [2.75, 3.05) is 20.8 Å². The lowest BCUT2D eigenvalue weighted by Crippen LogP contribution is -2.22. The van der Waals surface area contributed by atoms with Gasteiger partial charge in [-0.2, -0.15) is 4.99 Å². The first-order chi connectivity index (χ1) is 16.0. The van der Waals surface area contributed by atoms with Crippen molar-refractivity contribution in [2.45, 2.75) is 32.7 Å². The van der Waals surface area contributed by atoms with Gasteiger partial charge in [0.05, 0.1) is 36.6 Å². The van der Waals surface area contributed by atoms with Crippen LogP contribution in [-0.4, -0.2) is 43.2 Å². The molecule has 2 aromatic carbocycles. The number of rotatable bonds is 9. The van der Waals surface area contributed by atoms with Crippen LogP contribution in [0.15, 0.2) is 47.5 Å². The Kier molecular flexibility index (Phi) is 8.37. The molecule has 0 radical (unpaired) electrons. The molecule has 1 amide bonds. The van der Waals surface area contributed by atoms with Crippen molar-refractivity contribution in [2.24, 2.45) is 4.99 Å². The number of thiazole rings is 1. The van der Waals surface area contributed by atoms with Crippen molar-refractivity contribution in [3.05, 3.63) is 58.4 Å². The van der Waals surface area contributed by atoms with E-state index in [1.54, 1.807) is 47.0 Å². The van der Waals surface area contributed by atoms with Crippen LogP contribution in [0.4, 0.5) is 0 Å². The molecule has 0 bridgehead atoms. The van der Waals surface area contributed by atoms with Crippen LogP contribution in [-0.2, 0) is 20.8 Å². The smallest absolute Gasteiger partial charge is 0.337 e. The molecule has 0 aliphatic carbocycles. The molecule has 3 rings (SSSR count). The first kappa shape index (κ1) is 24.2. The summed E-state index contributed by atoms with van der Waals surface area (Å²) in [6.45, 7) is 2.58. The third-order valence-electron chi connectivity index (χ3n) is 4.91. The third kappa shape index (κ3) is 6.07. The lowest BCUT2D eigenvalue weighted by Gasteiger charge is -2.06. The van der Waals surface area contributed by atoms with Crippen LogP contribution in [0.2, 0.25) is 0 Å². The number of hydrogen-bond acceptors (Lipinski definition) is 7. The number of hydrogen-bond donors (Lipinski definition) is 0. The van der Waals surface area contributed by atoms with E-state index in [9.17, 15) is 14.4 Å². The molecule has 0 saturated heterocycles. The van der Waals surface area contributed by atoms with Crippen LogP contribution in [0.1, 0.15) is 46.9 Å². The Morgan fingerprint density at radius 3 is 2.55 bits per heavy atom. The molecule has 3 aromatic rings. The van der Waals surface area contributed by atoms with Gasteiger partial charge in [-0.1, -0.05) is 37.2 Å². The Balaban J connectivity index is 1.97. The Morgan fingerprint density at radius 1 is 1.00 bits per heavy atom. The number of amides is 1. The molecule has 0 spiro atoms. The van der Waals surface area contributed by atoms with Gasteiger partial charge in [0.2, 0.25) is 0 Å². The van der Waals surface area contributed by atoms with E-state index in [-0.39, 0.29) is 6.54 Å². The zero-order chi connectivity index (χ0) is 23.8. The summed E-state index contributed by atoms with van der Waals surface area (Å²) in [4.78, 5) is 41.4. The lowest BCUT2D eigenvalue weighted by molar-refractivity contribution is -0.141. The highest BCUT2D eigenvalue weighted by Crippen LogP contribution is 2.21. The van der Waals surface area contributed by atoms with Crippen LogP contribution in [0.25, 0.3) is 10.2 Å². The molecule has 1 aromatic heterocycles. The van der Waals surface area contributed by atoms with E-state index in [4.69, 9.17) is 14.2 Å². The van der Waals surface area contributed by atoms with Crippen molar-refractivity contribution < 1.29 is 28.6 Å². The number of carbonyl (C=O) groups excluding carboxylic acids is 3. The summed E-state index contributed by atoms with van der Waals surface area (Å²) in [6.07, 6.45) is 3.13. The average Bonchev–Trinajstić information content (AvgIpc) is 3.17. The highest BCUT2D eigenvalue weighted by Gasteiger charge is 2.15. The monoisotopic (exact) mass is 470 g/mol. The van der Waals surface area contributed by atoms with E-state index in [2.05, 4.69) is 11.9 Å². The number of esters is 2. The summed E-state index contributed by atoms with van der Waals surface area (Å²) < 4.78 is 17.6. The molecule has 0 aliphatic rings. The first-order valence-electron chi connectivity index (χ1n) is 10.6. The van der Waals surface area contributed by atoms with Crippen molar-refractivity contribution in [1.29, 1.82) is 0 Å². The predicted molar refractivity (Wildman–Crippen MR) is 125 cm³/mol. The second-order valence-electron chi connectivity index (χ2n) is 7.22. The number of aromatic nitrogens is 1. The van der Waals surface area contributed by atoms with Crippen LogP contribution in [0, 0.1) is 0 Å². The van der Waals surface area contributed by atoms with Crippen LogP contribution in [0.5, 0.6) is 5.75 Å². The zero-order valence-electron chi connectivity index (χ0n) is 18.8.